The van der Waals surface area contributed by atoms with Crippen molar-refractivity contribution in [3.05, 3.63) is 36.2 Å². The number of hydrogen-bond donors (Lipinski definition) is 3. The van der Waals surface area contributed by atoms with Crippen molar-refractivity contribution in [1.29, 1.82) is 0 Å². The first-order valence-corrected chi connectivity index (χ1v) is 8.19. The maximum atomic E-state index is 9.20. The molecule has 0 radical (unpaired) electrons. The van der Waals surface area contributed by atoms with Gasteiger partial charge in [0.25, 0.3) is 0 Å². The Balaban J connectivity index is 1.87. The number of imidazole rings is 1. The van der Waals surface area contributed by atoms with Gasteiger partial charge in [0.05, 0.1) is 20.0 Å². The van der Waals surface area contributed by atoms with Crippen molar-refractivity contribution in [3.63, 3.8) is 0 Å². The number of nitrogens with one attached hydrogen (secondary N) is 2. The van der Waals surface area contributed by atoms with Gasteiger partial charge in [-0.15, -0.1) is 0 Å². The highest BCUT2D eigenvalue weighted by Crippen LogP contribution is 2.22. The summed E-state index contributed by atoms with van der Waals surface area (Å²) in [5, 5.41) is 15.7. The van der Waals surface area contributed by atoms with Crippen LogP contribution in [-0.4, -0.2) is 44.9 Å². The Morgan fingerprint density at radius 3 is 2.64 bits per heavy atom. The summed E-state index contributed by atoms with van der Waals surface area (Å²) in [5.74, 6) is 2.02. The van der Waals surface area contributed by atoms with E-state index in [0.29, 0.717) is 36.0 Å². The monoisotopic (exact) mass is 342 g/mol. The maximum absolute atomic E-state index is 9.20. The molecule has 25 heavy (non-hydrogen) atoms. The summed E-state index contributed by atoms with van der Waals surface area (Å²) in [4.78, 5) is 13.4. The van der Waals surface area contributed by atoms with Gasteiger partial charge in [0.1, 0.15) is 5.75 Å². The fraction of sp³-hybridized carbons (Fsp3) is 0.353. The number of aromatic nitrogens is 4. The third-order valence-corrected chi connectivity index (χ3v) is 3.76. The average Bonchev–Trinajstić information content (AvgIpc) is 3.04. The third kappa shape index (κ3) is 3.80. The van der Waals surface area contributed by atoms with E-state index in [1.165, 1.54) is 0 Å². The predicted molar refractivity (Wildman–Crippen MR) is 96.9 cm³/mol. The molecular formula is C17H22N6O2. The molecule has 8 nitrogen and oxygen atoms in total. The van der Waals surface area contributed by atoms with Crippen LogP contribution in [0.15, 0.2) is 30.6 Å². The third-order valence-electron chi connectivity index (χ3n) is 3.76. The zero-order valence-electron chi connectivity index (χ0n) is 14.4. The summed E-state index contributed by atoms with van der Waals surface area (Å²) < 4.78 is 6.99. The molecule has 0 aliphatic rings. The Morgan fingerprint density at radius 2 is 1.96 bits per heavy atom. The molecule has 0 bridgehead atoms. The van der Waals surface area contributed by atoms with Crippen molar-refractivity contribution in [3.8, 4) is 5.75 Å². The number of methoxy groups -OCH3 is 1. The van der Waals surface area contributed by atoms with Crippen molar-refractivity contribution < 1.29 is 9.84 Å². The lowest BCUT2D eigenvalue weighted by atomic mass is 10.2. The molecule has 0 aliphatic heterocycles. The number of benzene rings is 1. The lowest BCUT2D eigenvalue weighted by Crippen LogP contribution is -2.09. The van der Waals surface area contributed by atoms with E-state index in [-0.39, 0.29) is 6.61 Å². The largest absolute Gasteiger partial charge is 0.497 e. The summed E-state index contributed by atoms with van der Waals surface area (Å²) in [5.41, 5.74) is 2.48. The second-order valence-corrected chi connectivity index (χ2v) is 5.46. The van der Waals surface area contributed by atoms with Gasteiger partial charge >= 0.3 is 0 Å². The van der Waals surface area contributed by atoms with Crippen LogP contribution < -0.4 is 15.4 Å². The number of hydrogen-bond acceptors (Lipinski definition) is 7. The van der Waals surface area contributed by atoms with E-state index in [9.17, 15) is 5.11 Å². The lowest BCUT2D eigenvalue weighted by molar-refractivity contribution is 0.277. The van der Waals surface area contributed by atoms with E-state index >= 15 is 0 Å². The fourth-order valence-electron chi connectivity index (χ4n) is 2.51. The highest BCUT2D eigenvalue weighted by atomic mass is 16.5. The minimum absolute atomic E-state index is 0.0284. The van der Waals surface area contributed by atoms with Crippen LogP contribution in [0.1, 0.15) is 12.5 Å². The van der Waals surface area contributed by atoms with Gasteiger partial charge < -0.3 is 25.0 Å². The van der Waals surface area contributed by atoms with Gasteiger partial charge in [-0.25, -0.2) is 4.98 Å². The minimum Gasteiger partial charge on any atom is -0.497 e. The average molecular weight is 342 g/mol. The Labute approximate surface area is 145 Å². The highest BCUT2D eigenvalue weighted by molar-refractivity contribution is 5.84. The minimum atomic E-state index is 0.0284. The molecule has 0 atom stereocenters. The molecule has 0 unspecified atom stereocenters. The Morgan fingerprint density at radius 1 is 1.16 bits per heavy atom. The van der Waals surface area contributed by atoms with Gasteiger partial charge in [-0.1, -0.05) is 12.1 Å². The van der Waals surface area contributed by atoms with Gasteiger partial charge in [-0.3, -0.25) is 0 Å². The molecule has 2 heterocycles. The number of anilines is 2. The highest BCUT2D eigenvalue weighted by Gasteiger charge is 2.13. The number of ether oxygens (including phenoxy) is 1. The molecule has 0 fully saturated rings. The van der Waals surface area contributed by atoms with E-state index < -0.39 is 0 Å². The summed E-state index contributed by atoms with van der Waals surface area (Å²) in [6.45, 7) is 3.78. The van der Waals surface area contributed by atoms with Crippen LogP contribution in [0, 0.1) is 0 Å². The predicted octanol–water partition coefficient (Wildman–Crippen LogP) is 1.87. The quantitative estimate of drug-likeness (QED) is 0.575. The zero-order valence-corrected chi connectivity index (χ0v) is 14.4. The molecule has 0 saturated carbocycles. The lowest BCUT2D eigenvalue weighted by Gasteiger charge is -2.10. The molecule has 3 aromatic rings. The van der Waals surface area contributed by atoms with Crippen molar-refractivity contribution >= 4 is 22.9 Å². The van der Waals surface area contributed by atoms with Crippen molar-refractivity contribution in [1.82, 2.24) is 19.5 Å². The van der Waals surface area contributed by atoms with Crippen LogP contribution >= 0.6 is 0 Å². The molecule has 1 aromatic carbocycles. The summed E-state index contributed by atoms with van der Waals surface area (Å²) in [6, 6.07) is 7.85. The molecule has 0 aliphatic carbocycles. The van der Waals surface area contributed by atoms with Crippen LogP contribution in [-0.2, 0) is 13.1 Å². The van der Waals surface area contributed by atoms with Gasteiger partial charge in [-0.2, -0.15) is 9.97 Å². The van der Waals surface area contributed by atoms with E-state index in [1.807, 2.05) is 35.8 Å². The Kier molecular flexibility index (Phi) is 5.30. The van der Waals surface area contributed by atoms with Crippen LogP contribution in [0.5, 0.6) is 5.75 Å². The zero-order chi connectivity index (χ0) is 17.6. The molecule has 0 amide bonds. The second-order valence-electron chi connectivity index (χ2n) is 5.46. The van der Waals surface area contributed by atoms with E-state index in [0.717, 1.165) is 17.9 Å². The van der Waals surface area contributed by atoms with Crippen LogP contribution in [0.2, 0.25) is 0 Å². The Hall–Kier alpha value is -2.87. The van der Waals surface area contributed by atoms with E-state index in [4.69, 9.17) is 4.74 Å². The molecular weight excluding hydrogens is 320 g/mol. The molecule has 132 valence electrons. The molecule has 0 spiro atoms. The van der Waals surface area contributed by atoms with Crippen molar-refractivity contribution in [2.45, 2.75) is 20.0 Å². The van der Waals surface area contributed by atoms with Gasteiger partial charge in [0.15, 0.2) is 17.0 Å². The first-order chi connectivity index (χ1) is 12.2. The van der Waals surface area contributed by atoms with Crippen molar-refractivity contribution in [2.75, 3.05) is 30.9 Å². The van der Waals surface area contributed by atoms with Crippen LogP contribution in [0.4, 0.5) is 11.8 Å². The van der Waals surface area contributed by atoms with E-state index in [2.05, 4.69) is 25.6 Å². The van der Waals surface area contributed by atoms with E-state index in [1.54, 1.807) is 13.4 Å². The number of aliphatic hydroxyl groups is 1. The topological polar surface area (TPSA) is 97.1 Å². The molecule has 0 saturated heterocycles. The number of aliphatic hydroxyl groups excluding tert-OH is 1. The summed E-state index contributed by atoms with van der Waals surface area (Å²) in [7, 11) is 1.65. The molecule has 8 heteroatoms. The molecule has 3 rings (SSSR count). The SMILES string of the molecule is CCNc1nc(NCc2ccc(OC)cc2)c2ncn(CCO)c2n1. The normalized spacial score (nSPS) is 10.8. The maximum Gasteiger partial charge on any atom is 0.226 e. The first-order valence-electron chi connectivity index (χ1n) is 8.19. The number of rotatable bonds is 8. The summed E-state index contributed by atoms with van der Waals surface area (Å²) >= 11 is 0. The number of fused-ring (bicyclic) bond motifs is 1. The fourth-order valence-corrected chi connectivity index (χ4v) is 2.51. The molecule has 2 aromatic heterocycles. The van der Waals surface area contributed by atoms with Crippen molar-refractivity contribution in [2.24, 2.45) is 0 Å². The van der Waals surface area contributed by atoms with Gasteiger partial charge in [-0.05, 0) is 24.6 Å². The summed E-state index contributed by atoms with van der Waals surface area (Å²) in [6.07, 6.45) is 1.67. The van der Waals surface area contributed by atoms with Gasteiger partial charge in [0.2, 0.25) is 5.95 Å². The second kappa shape index (κ2) is 7.80. The smallest absolute Gasteiger partial charge is 0.226 e. The Bertz CT molecular complexity index is 831. The standard InChI is InChI=1S/C17H22N6O2/c1-3-18-17-21-15(14-16(22-17)23(8-9-24)11-20-14)19-10-12-4-6-13(25-2)7-5-12/h4-7,11,24H,3,8-10H2,1-2H3,(H2,18,19,21,22). The van der Waals surface area contributed by atoms with Crippen LogP contribution in [0.25, 0.3) is 11.2 Å². The molecule has 3 N–H and O–H groups in total. The number of nitrogens with zero attached hydrogens (tertiary/aromatic N) is 4. The van der Waals surface area contributed by atoms with Gasteiger partial charge in [0, 0.05) is 19.6 Å². The van der Waals surface area contributed by atoms with Crippen LogP contribution in [0.3, 0.4) is 0 Å². The first kappa shape index (κ1) is 17.0.